The Balaban J connectivity index is 1.97. The van der Waals surface area contributed by atoms with Crippen LogP contribution in [0.2, 0.25) is 0 Å². The van der Waals surface area contributed by atoms with Gasteiger partial charge in [0.1, 0.15) is 0 Å². The molecule has 0 N–H and O–H groups in total. The lowest BCUT2D eigenvalue weighted by Crippen LogP contribution is -2.31. The van der Waals surface area contributed by atoms with Gasteiger partial charge in [-0.3, -0.25) is 0 Å². The van der Waals surface area contributed by atoms with Gasteiger partial charge in [-0.05, 0) is 63.8 Å². The predicted molar refractivity (Wildman–Crippen MR) is 159 cm³/mol. The van der Waals surface area contributed by atoms with Crippen molar-refractivity contribution >= 4 is 0 Å². The molecule has 0 saturated carbocycles. The van der Waals surface area contributed by atoms with Crippen LogP contribution >= 0.6 is 0 Å². The Hall–Kier alpha value is -0.640. The maximum Gasteiger partial charge on any atom is 0.0975 e. The topological polar surface area (TPSA) is 21.7 Å². The molecule has 0 aromatic heterocycles. The van der Waals surface area contributed by atoms with Crippen molar-refractivity contribution in [3.8, 4) is 0 Å². The minimum atomic E-state index is 0.252. The summed E-state index contributed by atoms with van der Waals surface area (Å²) >= 11 is 0. The second-order valence-electron chi connectivity index (χ2n) is 11.8. The van der Waals surface area contributed by atoms with Crippen molar-refractivity contribution in [3.05, 3.63) is 24.3 Å². The van der Waals surface area contributed by atoms with Gasteiger partial charge < -0.3 is 14.4 Å². The fourth-order valence-electron chi connectivity index (χ4n) is 5.01. The molecule has 3 nitrogen and oxygen atoms in total. The predicted octanol–water partition coefficient (Wildman–Crippen LogP) is 9.37. The number of likely N-dealkylation sites (N-methyl/N-ethyl adjacent to an activating group) is 1. The number of hydrogen-bond donors (Lipinski definition) is 0. The van der Waals surface area contributed by atoms with Crippen LogP contribution in [-0.2, 0) is 9.47 Å². The fraction of sp³-hybridized carbons (Fsp3) is 0.879. The first-order valence-corrected chi connectivity index (χ1v) is 15.7. The summed E-state index contributed by atoms with van der Waals surface area (Å²) in [4.78, 5) is 2.36. The molecule has 0 spiro atoms. The van der Waals surface area contributed by atoms with E-state index in [0.717, 1.165) is 44.6 Å². The van der Waals surface area contributed by atoms with Gasteiger partial charge in [0.15, 0.2) is 0 Å². The molecular formula is C33H63NO2. The van der Waals surface area contributed by atoms with Gasteiger partial charge in [0.05, 0.1) is 12.2 Å². The lowest BCUT2D eigenvalue weighted by Gasteiger charge is -2.21. The second-order valence-corrected chi connectivity index (χ2v) is 11.8. The van der Waals surface area contributed by atoms with E-state index in [2.05, 4.69) is 63.9 Å². The maximum absolute atomic E-state index is 6.29. The van der Waals surface area contributed by atoms with Crippen molar-refractivity contribution in [2.45, 2.75) is 143 Å². The van der Waals surface area contributed by atoms with Crippen molar-refractivity contribution in [1.82, 2.24) is 4.90 Å². The molecule has 1 fully saturated rings. The van der Waals surface area contributed by atoms with E-state index in [-0.39, 0.29) is 12.2 Å². The van der Waals surface area contributed by atoms with E-state index in [0.29, 0.717) is 0 Å². The highest BCUT2D eigenvalue weighted by Gasteiger charge is 2.32. The van der Waals surface area contributed by atoms with E-state index >= 15 is 0 Å². The highest BCUT2D eigenvalue weighted by atomic mass is 16.5. The van der Waals surface area contributed by atoms with Crippen LogP contribution < -0.4 is 0 Å². The molecule has 212 valence electrons. The van der Waals surface area contributed by atoms with E-state index in [9.17, 15) is 0 Å². The summed E-state index contributed by atoms with van der Waals surface area (Å²) in [7, 11) is 2.19. The van der Waals surface area contributed by atoms with Crippen LogP contribution in [0.5, 0.6) is 0 Å². The molecule has 0 aromatic carbocycles. The summed E-state index contributed by atoms with van der Waals surface area (Å²) in [5.41, 5.74) is 0. The third kappa shape index (κ3) is 19.5. The van der Waals surface area contributed by atoms with Gasteiger partial charge in [0.25, 0.3) is 0 Å². The Morgan fingerprint density at radius 2 is 1.25 bits per heavy atom. The molecule has 1 heterocycles. The van der Waals surface area contributed by atoms with E-state index in [1.165, 1.54) is 96.3 Å². The van der Waals surface area contributed by atoms with Crippen LogP contribution in [0.1, 0.15) is 130 Å². The van der Waals surface area contributed by atoms with Crippen molar-refractivity contribution in [3.63, 3.8) is 0 Å². The molecule has 1 unspecified atom stereocenters. The molecule has 1 saturated heterocycles. The molecule has 0 amide bonds. The third-order valence-corrected chi connectivity index (χ3v) is 7.50. The van der Waals surface area contributed by atoms with Crippen LogP contribution in [0.15, 0.2) is 24.3 Å². The first-order valence-electron chi connectivity index (χ1n) is 15.7. The number of nitrogens with zero attached hydrogens (tertiary/aromatic N) is 1. The first kappa shape index (κ1) is 33.4. The van der Waals surface area contributed by atoms with Gasteiger partial charge in [-0.25, -0.2) is 0 Å². The summed E-state index contributed by atoms with van der Waals surface area (Å²) in [6.07, 6.45) is 30.6. The Morgan fingerprint density at radius 1 is 0.667 bits per heavy atom. The molecule has 3 atom stereocenters. The number of rotatable bonds is 24. The second kappa shape index (κ2) is 23.5. The van der Waals surface area contributed by atoms with Gasteiger partial charge >= 0.3 is 0 Å². The van der Waals surface area contributed by atoms with Crippen molar-refractivity contribution in [2.24, 2.45) is 11.8 Å². The van der Waals surface area contributed by atoms with Gasteiger partial charge in [-0.2, -0.15) is 0 Å². The van der Waals surface area contributed by atoms with E-state index < -0.39 is 0 Å². The third-order valence-electron chi connectivity index (χ3n) is 7.50. The zero-order valence-corrected chi connectivity index (χ0v) is 25.0. The average molecular weight is 506 g/mol. The van der Waals surface area contributed by atoms with Crippen LogP contribution in [-0.4, -0.2) is 50.5 Å². The van der Waals surface area contributed by atoms with Gasteiger partial charge in [0, 0.05) is 26.3 Å². The monoisotopic (exact) mass is 505 g/mol. The molecule has 0 aromatic rings. The first-order chi connectivity index (χ1) is 17.5. The Labute approximate surface area is 226 Å². The Bertz CT molecular complexity index is 530. The quantitative estimate of drug-likeness (QED) is 0.0963. The molecule has 1 aliphatic rings. The maximum atomic E-state index is 6.29. The van der Waals surface area contributed by atoms with Gasteiger partial charge in [0.2, 0.25) is 0 Å². The highest BCUT2D eigenvalue weighted by molar-refractivity contribution is 4.92. The lowest BCUT2D eigenvalue weighted by atomic mass is 9.98. The van der Waals surface area contributed by atoms with Crippen molar-refractivity contribution < 1.29 is 9.47 Å². The van der Waals surface area contributed by atoms with E-state index in [4.69, 9.17) is 9.47 Å². The SMILES string of the molecule is CCCCC/C=C\C/C=C\CCCCCCCCO[C@@H]1CN(C)C[C@H]1OCCC(C)CCCC(C)C. The molecule has 36 heavy (non-hydrogen) atoms. The van der Waals surface area contributed by atoms with Gasteiger partial charge in [-0.1, -0.05) is 110 Å². The van der Waals surface area contributed by atoms with Crippen molar-refractivity contribution in [1.29, 1.82) is 0 Å². The smallest absolute Gasteiger partial charge is 0.0975 e. The van der Waals surface area contributed by atoms with Crippen LogP contribution in [0, 0.1) is 11.8 Å². The van der Waals surface area contributed by atoms with Gasteiger partial charge in [-0.15, -0.1) is 0 Å². The van der Waals surface area contributed by atoms with Crippen LogP contribution in [0.4, 0.5) is 0 Å². The molecular weight excluding hydrogens is 442 g/mol. The molecule has 1 rings (SSSR count). The van der Waals surface area contributed by atoms with Crippen LogP contribution in [0.25, 0.3) is 0 Å². The summed E-state index contributed by atoms with van der Waals surface area (Å²) in [6, 6.07) is 0. The standard InChI is InChI=1S/C33H63NO2/c1-6-7-8-9-10-11-12-13-14-15-16-17-18-19-20-21-26-35-32-28-34(5)29-33(32)36-27-25-31(4)24-22-23-30(2)3/h10-11,13-14,30-33H,6-9,12,15-29H2,1-5H3/b11-10-,14-13-/t31?,32-,33-/m1/s1. The largest absolute Gasteiger partial charge is 0.374 e. The highest BCUT2D eigenvalue weighted by Crippen LogP contribution is 2.19. The zero-order valence-electron chi connectivity index (χ0n) is 25.0. The molecule has 0 aliphatic carbocycles. The van der Waals surface area contributed by atoms with E-state index in [1.54, 1.807) is 0 Å². The number of unbranched alkanes of at least 4 members (excludes halogenated alkanes) is 9. The Kier molecular flexibility index (Phi) is 21.8. The normalized spacial score (nSPS) is 19.9. The molecule has 1 aliphatic heterocycles. The lowest BCUT2D eigenvalue weighted by molar-refractivity contribution is -0.0500. The summed E-state index contributed by atoms with van der Waals surface area (Å²) < 4.78 is 12.6. The van der Waals surface area contributed by atoms with Crippen LogP contribution in [0.3, 0.4) is 0 Å². The number of likely N-dealkylation sites (tertiary alicyclic amines) is 1. The number of hydrogen-bond acceptors (Lipinski definition) is 3. The van der Waals surface area contributed by atoms with Crippen molar-refractivity contribution in [2.75, 3.05) is 33.4 Å². The number of ether oxygens (including phenoxy) is 2. The minimum Gasteiger partial charge on any atom is -0.374 e. The Morgan fingerprint density at radius 3 is 1.89 bits per heavy atom. The number of allylic oxidation sites excluding steroid dienone is 4. The molecule has 0 radical (unpaired) electrons. The molecule has 3 heteroatoms. The fourth-order valence-corrected chi connectivity index (χ4v) is 5.01. The summed E-state index contributed by atoms with van der Waals surface area (Å²) in [5, 5.41) is 0. The molecule has 0 bridgehead atoms. The minimum absolute atomic E-state index is 0.252. The summed E-state index contributed by atoms with van der Waals surface area (Å²) in [5.74, 6) is 1.59. The summed E-state index contributed by atoms with van der Waals surface area (Å²) in [6.45, 7) is 13.1. The van der Waals surface area contributed by atoms with E-state index in [1.807, 2.05) is 0 Å². The average Bonchev–Trinajstić information content (AvgIpc) is 3.19. The zero-order chi connectivity index (χ0) is 26.3.